The molecule has 2 heterocycles. The molecule has 2 aromatic rings. The van der Waals surface area contributed by atoms with Crippen LogP contribution in [0.4, 0.5) is 0 Å². The fourth-order valence-corrected chi connectivity index (χ4v) is 2.77. The van der Waals surface area contributed by atoms with E-state index < -0.39 is 0 Å². The standard InChI is InChI=1S/C11H15N3OS2/c1-8(15-2)7-17-11-12-10(13-14-11)6-9-4-3-5-16-9/h3-5,8H,6-7H2,1-2H3,(H,12,13,14). The second-order valence-electron chi connectivity index (χ2n) is 3.68. The molecule has 2 rings (SSSR count). The van der Waals surface area contributed by atoms with Gasteiger partial charge in [0.15, 0.2) is 0 Å². The van der Waals surface area contributed by atoms with E-state index in [1.807, 2.05) is 13.0 Å². The molecule has 6 heteroatoms. The largest absolute Gasteiger partial charge is 0.381 e. The zero-order valence-electron chi connectivity index (χ0n) is 9.84. The van der Waals surface area contributed by atoms with Crippen LogP contribution in [-0.2, 0) is 11.2 Å². The molecule has 0 saturated carbocycles. The van der Waals surface area contributed by atoms with Crippen molar-refractivity contribution in [2.24, 2.45) is 0 Å². The Morgan fingerprint density at radius 1 is 1.59 bits per heavy atom. The smallest absolute Gasteiger partial charge is 0.208 e. The Morgan fingerprint density at radius 3 is 3.18 bits per heavy atom. The van der Waals surface area contributed by atoms with Crippen LogP contribution in [0.5, 0.6) is 0 Å². The highest BCUT2D eigenvalue weighted by atomic mass is 32.2. The van der Waals surface area contributed by atoms with E-state index in [1.165, 1.54) is 4.88 Å². The summed E-state index contributed by atoms with van der Waals surface area (Å²) >= 11 is 3.35. The molecule has 4 nitrogen and oxygen atoms in total. The summed E-state index contributed by atoms with van der Waals surface area (Å²) in [4.78, 5) is 5.73. The van der Waals surface area contributed by atoms with Gasteiger partial charge >= 0.3 is 0 Å². The molecule has 0 aliphatic heterocycles. The fourth-order valence-electron chi connectivity index (χ4n) is 1.26. The van der Waals surface area contributed by atoms with E-state index in [-0.39, 0.29) is 6.10 Å². The van der Waals surface area contributed by atoms with Crippen molar-refractivity contribution in [3.05, 3.63) is 28.2 Å². The molecule has 0 aliphatic carbocycles. The van der Waals surface area contributed by atoms with E-state index in [4.69, 9.17) is 4.74 Å². The summed E-state index contributed by atoms with van der Waals surface area (Å²) in [7, 11) is 1.71. The maximum absolute atomic E-state index is 5.18. The number of thiophene rings is 1. The number of ether oxygens (including phenoxy) is 1. The van der Waals surface area contributed by atoms with Crippen LogP contribution < -0.4 is 0 Å². The Hall–Kier alpha value is -0.850. The summed E-state index contributed by atoms with van der Waals surface area (Å²) in [5.41, 5.74) is 0. The number of rotatable bonds is 6. The molecule has 17 heavy (non-hydrogen) atoms. The van der Waals surface area contributed by atoms with Gasteiger partial charge in [0, 0.05) is 24.2 Å². The van der Waals surface area contributed by atoms with Crippen LogP contribution in [0.15, 0.2) is 22.7 Å². The predicted octanol–water partition coefficient (Wildman–Crippen LogP) is 2.58. The Labute approximate surface area is 109 Å². The molecule has 1 unspecified atom stereocenters. The van der Waals surface area contributed by atoms with Crippen LogP contribution in [0, 0.1) is 0 Å². The second-order valence-corrected chi connectivity index (χ2v) is 5.70. The summed E-state index contributed by atoms with van der Waals surface area (Å²) in [6.07, 6.45) is 1.05. The molecule has 92 valence electrons. The van der Waals surface area contributed by atoms with Crippen molar-refractivity contribution >= 4 is 23.1 Å². The van der Waals surface area contributed by atoms with E-state index in [0.717, 1.165) is 23.2 Å². The third kappa shape index (κ3) is 3.83. The Morgan fingerprint density at radius 2 is 2.47 bits per heavy atom. The highest BCUT2D eigenvalue weighted by Gasteiger charge is 2.07. The lowest BCUT2D eigenvalue weighted by Crippen LogP contribution is -2.07. The lowest BCUT2D eigenvalue weighted by Gasteiger charge is -2.05. The van der Waals surface area contributed by atoms with Gasteiger partial charge in [-0.15, -0.1) is 16.4 Å². The first-order valence-electron chi connectivity index (χ1n) is 5.37. The van der Waals surface area contributed by atoms with Crippen molar-refractivity contribution in [1.29, 1.82) is 0 Å². The van der Waals surface area contributed by atoms with E-state index in [1.54, 1.807) is 30.2 Å². The van der Waals surface area contributed by atoms with Gasteiger partial charge < -0.3 is 4.74 Å². The van der Waals surface area contributed by atoms with Gasteiger partial charge in [0.1, 0.15) is 5.82 Å². The van der Waals surface area contributed by atoms with E-state index >= 15 is 0 Å². The van der Waals surface area contributed by atoms with Gasteiger partial charge in [-0.05, 0) is 18.4 Å². The molecule has 0 saturated heterocycles. The minimum atomic E-state index is 0.222. The Kier molecular flexibility index (Phi) is 4.58. The number of hydrogen-bond donors (Lipinski definition) is 1. The van der Waals surface area contributed by atoms with Crippen LogP contribution in [0.25, 0.3) is 0 Å². The molecule has 0 radical (unpaired) electrons. The quantitative estimate of drug-likeness (QED) is 0.819. The van der Waals surface area contributed by atoms with E-state index in [2.05, 4.69) is 26.6 Å². The SMILES string of the molecule is COC(C)CSc1n[nH]c(Cc2cccs2)n1. The maximum atomic E-state index is 5.18. The summed E-state index contributed by atoms with van der Waals surface area (Å²) in [5, 5.41) is 10.0. The summed E-state index contributed by atoms with van der Waals surface area (Å²) in [5.74, 6) is 1.78. The van der Waals surface area contributed by atoms with Crippen LogP contribution in [0.3, 0.4) is 0 Å². The molecule has 0 bridgehead atoms. The molecule has 0 aliphatic rings. The number of nitrogens with zero attached hydrogens (tertiary/aromatic N) is 2. The summed E-state index contributed by atoms with van der Waals surface area (Å²) in [6.45, 7) is 2.03. The molecule has 1 atom stereocenters. The number of thioether (sulfide) groups is 1. The minimum Gasteiger partial charge on any atom is -0.381 e. The highest BCUT2D eigenvalue weighted by molar-refractivity contribution is 7.99. The number of nitrogens with one attached hydrogen (secondary N) is 1. The van der Waals surface area contributed by atoms with Crippen LogP contribution in [0.1, 0.15) is 17.6 Å². The van der Waals surface area contributed by atoms with Gasteiger partial charge in [0.25, 0.3) is 0 Å². The lowest BCUT2D eigenvalue weighted by molar-refractivity contribution is 0.138. The van der Waals surface area contributed by atoms with Gasteiger partial charge in [0.2, 0.25) is 5.16 Å². The lowest BCUT2D eigenvalue weighted by atomic mass is 10.3. The highest BCUT2D eigenvalue weighted by Crippen LogP contribution is 2.17. The van der Waals surface area contributed by atoms with Crippen LogP contribution in [-0.4, -0.2) is 34.1 Å². The zero-order valence-corrected chi connectivity index (χ0v) is 11.5. The predicted molar refractivity (Wildman–Crippen MR) is 70.7 cm³/mol. The molecular formula is C11H15N3OS2. The number of H-pyrrole nitrogens is 1. The third-order valence-corrected chi connectivity index (χ3v) is 4.24. The molecule has 0 spiro atoms. The summed E-state index contributed by atoms with van der Waals surface area (Å²) < 4.78 is 5.18. The molecular weight excluding hydrogens is 254 g/mol. The molecule has 2 aromatic heterocycles. The van der Waals surface area contributed by atoms with E-state index in [9.17, 15) is 0 Å². The van der Waals surface area contributed by atoms with Crippen molar-refractivity contribution in [2.75, 3.05) is 12.9 Å². The number of methoxy groups -OCH3 is 1. The maximum Gasteiger partial charge on any atom is 0.208 e. The first-order valence-corrected chi connectivity index (χ1v) is 7.23. The van der Waals surface area contributed by atoms with Gasteiger partial charge in [-0.2, -0.15) is 0 Å². The third-order valence-electron chi connectivity index (χ3n) is 2.28. The molecule has 1 N–H and O–H groups in total. The number of hydrogen-bond acceptors (Lipinski definition) is 5. The Bertz CT molecular complexity index is 441. The van der Waals surface area contributed by atoms with Crippen LogP contribution in [0.2, 0.25) is 0 Å². The number of aromatic nitrogens is 3. The van der Waals surface area contributed by atoms with Gasteiger partial charge in [0.05, 0.1) is 6.10 Å². The van der Waals surface area contributed by atoms with Gasteiger partial charge in [-0.25, -0.2) is 4.98 Å². The molecule has 0 fully saturated rings. The van der Waals surface area contributed by atoms with Crippen molar-refractivity contribution in [2.45, 2.75) is 24.6 Å². The first-order chi connectivity index (χ1) is 8.28. The second kappa shape index (κ2) is 6.18. The van der Waals surface area contributed by atoms with Gasteiger partial charge in [-0.1, -0.05) is 17.8 Å². The van der Waals surface area contributed by atoms with E-state index in [0.29, 0.717) is 0 Å². The zero-order chi connectivity index (χ0) is 12.1. The molecule has 0 aromatic carbocycles. The normalized spacial score (nSPS) is 12.8. The van der Waals surface area contributed by atoms with Crippen molar-refractivity contribution in [1.82, 2.24) is 15.2 Å². The first kappa shape index (κ1) is 12.6. The molecule has 0 amide bonds. The Balaban J connectivity index is 1.87. The average molecular weight is 269 g/mol. The average Bonchev–Trinajstić information content (AvgIpc) is 2.98. The number of aromatic amines is 1. The van der Waals surface area contributed by atoms with Crippen molar-refractivity contribution in [3.63, 3.8) is 0 Å². The fraction of sp³-hybridized carbons (Fsp3) is 0.455. The van der Waals surface area contributed by atoms with Crippen molar-refractivity contribution in [3.8, 4) is 0 Å². The monoisotopic (exact) mass is 269 g/mol. The topological polar surface area (TPSA) is 50.8 Å². The minimum absolute atomic E-state index is 0.222. The van der Waals surface area contributed by atoms with Gasteiger partial charge in [-0.3, -0.25) is 5.10 Å². The van der Waals surface area contributed by atoms with Crippen LogP contribution >= 0.6 is 23.1 Å². The van der Waals surface area contributed by atoms with Crippen molar-refractivity contribution < 1.29 is 4.74 Å². The summed E-state index contributed by atoms with van der Waals surface area (Å²) in [6, 6.07) is 4.15.